The maximum atomic E-state index is 11.6. The Balaban J connectivity index is 1.94. The maximum absolute atomic E-state index is 11.6. The van der Waals surface area contributed by atoms with Crippen LogP contribution >= 0.6 is 0 Å². The number of nitrogens with one attached hydrogen (secondary N) is 1. The molecule has 0 aliphatic heterocycles. The van der Waals surface area contributed by atoms with E-state index in [0.717, 1.165) is 0 Å². The van der Waals surface area contributed by atoms with Gasteiger partial charge < -0.3 is 20.6 Å². The smallest absolute Gasteiger partial charge is 0.244 e. The van der Waals surface area contributed by atoms with Gasteiger partial charge in [-0.15, -0.1) is 0 Å². The van der Waals surface area contributed by atoms with Crippen LogP contribution in [0.5, 0.6) is 5.75 Å². The molecule has 0 radical (unpaired) electrons. The highest BCUT2D eigenvalue weighted by atomic mass is 16.3. The first-order valence-electron chi connectivity index (χ1n) is 5.72. The predicted molar refractivity (Wildman–Crippen MR) is 72.1 cm³/mol. The first kappa shape index (κ1) is 12.8. The molecule has 19 heavy (non-hydrogen) atoms. The van der Waals surface area contributed by atoms with Gasteiger partial charge in [0, 0.05) is 17.3 Å². The molecule has 0 bridgehead atoms. The zero-order valence-electron chi connectivity index (χ0n) is 10.2. The second kappa shape index (κ2) is 5.77. The molecule has 0 spiro atoms. The van der Waals surface area contributed by atoms with Gasteiger partial charge in [0.1, 0.15) is 11.5 Å². The molecule has 0 atom stereocenters. The lowest BCUT2D eigenvalue weighted by atomic mass is 10.1. The summed E-state index contributed by atoms with van der Waals surface area (Å²) in [6.45, 7) is 0.325. The number of benzene rings is 1. The molecule has 1 heterocycles. The van der Waals surface area contributed by atoms with Gasteiger partial charge in [-0.1, -0.05) is 0 Å². The molecule has 0 saturated carbocycles. The van der Waals surface area contributed by atoms with E-state index < -0.39 is 0 Å². The molecule has 0 fully saturated rings. The summed E-state index contributed by atoms with van der Waals surface area (Å²) in [5, 5.41) is 12.0. The van der Waals surface area contributed by atoms with Crippen LogP contribution < -0.4 is 11.1 Å². The van der Waals surface area contributed by atoms with Crippen LogP contribution in [0.4, 0.5) is 5.69 Å². The lowest BCUT2D eigenvalue weighted by Gasteiger charge is -2.01. The third kappa shape index (κ3) is 3.64. The summed E-state index contributed by atoms with van der Waals surface area (Å²) in [6.07, 6.45) is 4.45. The quantitative estimate of drug-likeness (QED) is 0.444. The number of amides is 1. The molecule has 98 valence electrons. The fraction of sp³-hybridized carbons (Fsp3) is 0.0714. The molecule has 1 aromatic heterocycles. The average Bonchev–Trinajstić information content (AvgIpc) is 2.90. The van der Waals surface area contributed by atoms with Gasteiger partial charge in [0.15, 0.2) is 0 Å². The van der Waals surface area contributed by atoms with E-state index in [1.165, 1.54) is 18.2 Å². The summed E-state index contributed by atoms with van der Waals surface area (Å²) >= 11 is 0. The van der Waals surface area contributed by atoms with Gasteiger partial charge in [-0.2, -0.15) is 0 Å². The third-order valence-corrected chi connectivity index (χ3v) is 2.50. The number of nitrogens with two attached hydrogens (primary N) is 1. The van der Waals surface area contributed by atoms with Crippen LogP contribution in [0, 0.1) is 0 Å². The second-order valence-corrected chi connectivity index (χ2v) is 3.94. The minimum absolute atomic E-state index is 0.102. The van der Waals surface area contributed by atoms with Crippen LogP contribution in [0.25, 0.3) is 6.08 Å². The van der Waals surface area contributed by atoms with Crippen molar-refractivity contribution < 1.29 is 14.3 Å². The van der Waals surface area contributed by atoms with E-state index in [2.05, 4.69) is 5.32 Å². The Bertz CT molecular complexity index is 589. The number of nitrogen functional groups attached to an aromatic ring is 1. The number of carbonyl (C=O) groups excluding carboxylic acids is 1. The monoisotopic (exact) mass is 258 g/mol. The number of hydrogen-bond acceptors (Lipinski definition) is 4. The van der Waals surface area contributed by atoms with Gasteiger partial charge >= 0.3 is 0 Å². The summed E-state index contributed by atoms with van der Waals surface area (Å²) in [6, 6.07) is 8.09. The number of phenolic OH excluding ortho intramolecular Hbond substituents is 1. The standard InChI is InChI=1S/C14H14N2O3/c15-13-5-4-11(17)8-10(13)3-6-14(18)16-9-12-2-1-7-19-12/h1-8,17H,9,15H2,(H,16,18)/b6-3+. The van der Waals surface area contributed by atoms with Crippen LogP contribution in [-0.2, 0) is 11.3 Å². The lowest BCUT2D eigenvalue weighted by Crippen LogP contribution is -2.19. The largest absolute Gasteiger partial charge is 0.508 e. The van der Waals surface area contributed by atoms with Crippen molar-refractivity contribution in [2.75, 3.05) is 5.73 Å². The van der Waals surface area contributed by atoms with Crippen molar-refractivity contribution in [2.45, 2.75) is 6.54 Å². The number of carbonyl (C=O) groups is 1. The minimum atomic E-state index is -0.265. The molecule has 1 aromatic carbocycles. The summed E-state index contributed by atoms with van der Waals surface area (Å²) < 4.78 is 5.09. The van der Waals surface area contributed by atoms with Crippen LogP contribution in [0.1, 0.15) is 11.3 Å². The van der Waals surface area contributed by atoms with E-state index in [1.807, 2.05) is 0 Å². The van der Waals surface area contributed by atoms with Crippen LogP contribution in [0.15, 0.2) is 47.1 Å². The zero-order chi connectivity index (χ0) is 13.7. The lowest BCUT2D eigenvalue weighted by molar-refractivity contribution is -0.116. The van der Waals surface area contributed by atoms with Gasteiger partial charge in [0.2, 0.25) is 5.91 Å². The van der Waals surface area contributed by atoms with Crippen molar-refractivity contribution in [3.05, 3.63) is 54.0 Å². The van der Waals surface area contributed by atoms with Crippen molar-refractivity contribution in [1.29, 1.82) is 0 Å². The fourth-order valence-corrected chi connectivity index (χ4v) is 1.52. The Morgan fingerprint density at radius 3 is 3.00 bits per heavy atom. The predicted octanol–water partition coefficient (Wildman–Crippen LogP) is 1.90. The van der Waals surface area contributed by atoms with Gasteiger partial charge in [-0.3, -0.25) is 4.79 Å². The Hall–Kier alpha value is -2.69. The molecule has 0 saturated heterocycles. The van der Waals surface area contributed by atoms with E-state index in [-0.39, 0.29) is 11.7 Å². The first-order chi connectivity index (χ1) is 9.15. The Labute approximate surface area is 110 Å². The average molecular weight is 258 g/mol. The zero-order valence-corrected chi connectivity index (χ0v) is 10.2. The molecule has 2 rings (SSSR count). The molecule has 0 aliphatic carbocycles. The topological polar surface area (TPSA) is 88.5 Å². The molecule has 5 heteroatoms. The number of furan rings is 1. The van der Waals surface area contributed by atoms with E-state index >= 15 is 0 Å². The number of phenols is 1. The Kier molecular flexibility index (Phi) is 3.87. The number of aromatic hydroxyl groups is 1. The molecule has 4 N–H and O–H groups in total. The number of rotatable bonds is 4. The summed E-state index contributed by atoms with van der Waals surface area (Å²) in [4.78, 5) is 11.6. The molecule has 1 amide bonds. The molecular formula is C14H14N2O3. The molecular weight excluding hydrogens is 244 g/mol. The molecule has 2 aromatic rings. The van der Waals surface area contributed by atoms with E-state index in [9.17, 15) is 9.90 Å². The third-order valence-electron chi connectivity index (χ3n) is 2.50. The van der Waals surface area contributed by atoms with Crippen molar-refractivity contribution >= 4 is 17.7 Å². The summed E-state index contributed by atoms with van der Waals surface area (Å²) in [7, 11) is 0. The van der Waals surface area contributed by atoms with Crippen molar-refractivity contribution in [1.82, 2.24) is 5.32 Å². The van der Waals surface area contributed by atoms with Crippen LogP contribution in [0.2, 0.25) is 0 Å². The summed E-state index contributed by atoms with van der Waals surface area (Å²) in [5.74, 6) is 0.516. The van der Waals surface area contributed by atoms with E-state index in [4.69, 9.17) is 10.2 Å². The van der Waals surface area contributed by atoms with Gasteiger partial charge in [-0.25, -0.2) is 0 Å². The normalized spacial score (nSPS) is 10.7. The van der Waals surface area contributed by atoms with Crippen LogP contribution in [-0.4, -0.2) is 11.0 Å². The molecule has 0 aliphatic rings. The Morgan fingerprint density at radius 1 is 1.42 bits per heavy atom. The first-order valence-corrected chi connectivity index (χ1v) is 5.72. The van der Waals surface area contributed by atoms with Crippen molar-refractivity contribution in [3.63, 3.8) is 0 Å². The van der Waals surface area contributed by atoms with Crippen LogP contribution in [0.3, 0.4) is 0 Å². The molecule has 5 nitrogen and oxygen atoms in total. The van der Waals surface area contributed by atoms with E-state index in [1.54, 1.807) is 30.5 Å². The maximum Gasteiger partial charge on any atom is 0.244 e. The highest BCUT2D eigenvalue weighted by molar-refractivity contribution is 5.92. The van der Waals surface area contributed by atoms with Gasteiger partial charge in [-0.05, 0) is 36.4 Å². The Morgan fingerprint density at radius 2 is 2.26 bits per heavy atom. The van der Waals surface area contributed by atoms with Crippen molar-refractivity contribution in [2.24, 2.45) is 0 Å². The number of anilines is 1. The van der Waals surface area contributed by atoms with Crippen molar-refractivity contribution in [3.8, 4) is 5.75 Å². The highest BCUT2D eigenvalue weighted by Crippen LogP contribution is 2.19. The van der Waals surface area contributed by atoms with Gasteiger partial charge in [0.05, 0.1) is 12.8 Å². The fourth-order valence-electron chi connectivity index (χ4n) is 1.52. The minimum Gasteiger partial charge on any atom is -0.508 e. The number of hydrogen-bond donors (Lipinski definition) is 3. The van der Waals surface area contributed by atoms with E-state index in [0.29, 0.717) is 23.6 Å². The SMILES string of the molecule is Nc1ccc(O)cc1/C=C/C(=O)NCc1ccco1. The summed E-state index contributed by atoms with van der Waals surface area (Å²) in [5.41, 5.74) is 6.80. The molecule has 0 unspecified atom stereocenters. The second-order valence-electron chi connectivity index (χ2n) is 3.94. The van der Waals surface area contributed by atoms with Gasteiger partial charge in [0.25, 0.3) is 0 Å². The highest BCUT2D eigenvalue weighted by Gasteiger charge is 2.00.